The van der Waals surface area contributed by atoms with Gasteiger partial charge < -0.3 is 5.11 Å². The maximum atomic E-state index is 12.4. The van der Waals surface area contributed by atoms with Gasteiger partial charge in [0, 0.05) is 39.5 Å². The molecule has 5 heteroatoms. The van der Waals surface area contributed by atoms with E-state index >= 15 is 0 Å². The van der Waals surface area contributed by atoms with Crippen molar-refractivity contribution in [3.05, 3.63) is 155 Å². The van der Waals surface area contributed by atoms with Crippen molar-refractivity contribution in [3.8, 4) is 0 Å². The van der Waals surface area contributed by atoms with E-state index in [0.29, 0.717) is 22.3 Å². The van der Waals surface area contributed by atoms with Crippen molar-refractivity contribution in [1.29, 1.82) is 0 Å². The number of hydrogen-bond acceptors (Lipinski definition) is 4. The quantitative estimate of drug-likeness (QED) is 0.239. The normalized spacial score (nSPS) is 10.9. The molecule has 4 aromatic rings. The summed E-state index contributed by atoms with van der Waals surface area (Å²) >= 11 is 0. The summed E-state index contributed by atoms with van der Waals surface area (Å²) in [6.07, 6.45) is 1.69. The lowest BCUT2D eigenvalue weighted by atomic mass is 9.83. The van der Waals surface area contributed by atoms with Gasteiger partial charge in [0.05, 0.1) is 0 Å². The predicted octanol–water partition coefficient (Wildman–Crippen LogP) is 6.20. The summed E-state index contributed by atoms with van der Waals surface area (Å²) in [5.74, 6) is -1.01. The number of aryl methyl sites for hydroxylation is 1. The number of benzene rings is 4. The molecule has 0 heterocycles. The molecule has 4 aromatic carbocycles. The highest BCUT2D eigenvalue weighted by atomic mass is 16.4. The molecular formula is C32H26O5. The molecule has 0 spiro atoms. The number of ketones is 3. The zero-order valence-electron chi connectivity index (χ0n) is 20.4. The van der Waals surface area contributed by atoms with Crippen molar-refractivity contribution in [3.63, 3.8) is 0 Å². The van der Waals surface area contributed by atoms with Gasteiger partial charge in [-0.2, -0.15) is 0 Å². The molecule has 0 aliphatic heterocycles. The second kappa shape index (κ2) is 12.7. The van der Waals surface area contributed by atoms with E-state index in [2.05, 4.69) is 6.58 Å². The van der Waals surface area contributed by atoms with Gasteiger partial charge in [0.15, 0.2) is 17.3 Å². The summed E-state index contributed by atoms with van der Waals surface area (Å²) in [4.78, 5) is 45.8. The number of rotatable bonds is 4. The summed E-state index contributed by atoms with van der Waals surface area (Å²) in [6.45, 7) is 4.99. The number of carboxylic acids is 1. The first-order valence-corrected chi connectivity index (χ1v) is 11.7. The van der Waals surface area contributed by atoms with Gasteiger partial charge in [0.1, 0.15) is 0 Å². The van der Waals surface area contributed by atoms with Crippen molar-refractivity contribution in [2.24, 2.45) is 0 Å². The Kier molecular flexibility index (Phi) is 9.17. The fourth-order valence-electron chi connectivity index (χ4n) is 3.71. The minimum atomic E-state index is -0.981. The van der Waals surface area contributed by atoms with Gasteiger partial charge in [0.2, 0.25) is 0 Å². The average molecular weight is 491 g/mol. The summed E-state index contributed by atoms with van der Waals surface area (Å²) in [5.41, 5.74) is 4.64. The van der Waals surface area contributed by atoms with E-state index in [1.807, 2.05) is 79.7 Å². The Morgan fingerprint density at radius 1 is 0.676 bits per heavy atom. The van der Waals surface area contributed by atoms with Gasteiger partial charge in [-0.3, -0.25) is 14.4 Å². The number of carbonyl (C=O) groups is 4. The molecule has 0 saturated carbocycles. The molecule has 0 amide bonds. The Balaban J connectivity index is 0.000000178. The molecule has 1 N–H and O–H groups in total. The van der Waals surface area contributed by atoms with E-state index in [0.717, 1.165) is 29.2 Å². The summed E-state index contributed by atoms with van der Waals surface area (Å²) in [7, 11) is 0. The molecule has 1 aliphatic rings. The molecular weight excluding hydrogens is 464 g/mol. The second-order valence-corrected chi connectivity index (χ2v) is 8.04. The molecule has 1 aliphatic carbocycles. The fourth-order valence-corrected chi connectivity index (χ4v) is 3.71. The van der Waals surface area contributed by atoms with Gasteiger partial charge in [-0.15, -0.1) is 0 Å². The van der Waals surface area contributed by atoms with E-state index in [4.69, 9.17) is 5.11 Å². The van der Waals surface area contributed by atoms with E-state index < -0.39 is 5.97 Å². The first-order chi connectivity index (χ1) is 17.9. The number of hydrogen-bond donors (Lipinski definition) is 1. The molecule has 5 rings (SSSR count). The van der Waals surface area contributed by atoms with Crippen LogP contribution in [0.1, 0.15) is 60.3 Å². The predicted molar refractivity (Wildman–Crippen MR) is 143 cm³/mol. The largest absolute Gasteiger partial charge is 0.478 e. The number of fused-ring (bicyclic) bond motifs is 2. The van der Waals surface area contributed by atoms with Crippen LogP contribution in [0, 0.1) is 0 Å². The van der Waals surface area contributed by atoms with Crippen LogP contribution in [0.2, 0.25) is 0 Å². The minimum absolute atomic E-state index is 0.0458. The minimum Gasteiger partial charge on any atom is -0.478 e. The Labute approximate surface area is 215 Å². The molecule has 184 valence electrons. The number of carboxylic acid groups (broad SMARTS) is 1. The summed E-state index contributed by atoms with van der Waals surface area (Å²) < 4.78 is 0. The maximum Gasteiger partial charge on any atom is 0.327 e. The number of carbonyl (C=O) groups excluding carboxylic acids is 3. The molecule has 0 bridgehead atoms. The first kappa shape index (κ1) is 26.7. The van der Waals surface area contributed by atoms with Gasteiger partial charge in [-0.05, 0) is 18.1 Å². The van der Waals surface area contributed by atoms with Crippen LogP contribution in [-0.4, -0.2) is 28.4 Å². The topological polar surface area (TPSA) is 88.5 Å². The lowest BCUT2D eigenvalue weighted by Crippen LogP contribution is -2.20. The third-order valence-electron chi connectivity index (χ3n) is 5.64. The zero-order valence-corrected chi connectivity index (χ0v) is 20.4. The average Bonchev–Trinajstić information content (AvgIpc) is 2.96. The SMILES string of the molecule is C=CC(=O)O.CCc1ccc2c(c1)C(=O)c1ccccc1C2=O.O=C(c1ccccc1)c1ccccc1. The molecule has 0 fully saturated rings. The van der Waals surface area contributed by atoms with Crippen molar-refractivity contribution in [1.82, 2.24) is 0 Å². The van der Waals surface area contributed by atoms with E-state index in [1.54, 1.807) is 30.3 Å². The third kappa shape index (κ3) is 6.61. The highest BCUT2D eigenvalue weighted by molar-refractivity contribution is 6.28. The van der Waals surface area contributed by atoms with Crippen LogP contribution in [0.4, 0.5) is 0 Å². The van der Waals surface area contributed by atoms with Gasteiger partial charge >= 0.3 is 5.97 Å². The molecule has 0 saturated heterocycles. The lowest BCUT2D eigenvalue weighted by Gasteiger charge is -2.17. The van der Waals surface area contributed by atoms with E-state index in [1.165, 1.54) is 0 Å². The van der Waals surface area contributed by atoms with Gasteiger partial charge in [-0.1, -0.05) is 111 Å². The zero-order chi connectivity index (χ0) is 26.8. The van der Waals surface area contributed by atoms with Crippen LogP contribution in [0.5, 0.6) is 0 Å². The Hall–Kier alpha value is -4.90. The Bertz CT molecular complexity index is 1400. The Morgan fingerprint density at radius 3 is 1.51 bits per heavy atom. The molecule has 5 nitrogen and oxygen atoms in total. The fraction of sp³-hybridized carbons (Fsp3) is 0.0625. The monoisotopic (exact) mass is 490 g/mol. The van der Waals surface area contributed by atoms with Crippen molar-refractivity contribution in [2.75, 3.05) is 0 Å². The van der Waals surface area contributed by atoms with Gasteiger partial charge in [0.25, 0.3) is 0 Å². The first-order valence-electron chi connectivity index (χ1n) is 11.7. The standard InChI is InChI=1S/C16H12O2.C13H10O.C3H4O2/c1-2-10-7-8-13-14(9-10)16(18)12-6-4-3-5-11(12)15(13)17;14-13(11-7-3-1-4-8-11)12-9-5-2-6-10-12;1-2-3(4)5/h3-9H,2H2,1H3;1-10H;2H,1H2,(H,4,5). The van der Waals surface area contributed by atoms with Crippen LogP contribution in [-0.2, 0) is 11.2 Å². The molecule has 0 radical (unpaired) electrons. The van der Waals surface area contributed by atoms with Crippen LogP contribution in [0.15, 0.2) is 116 Å². The summed E-state index contributed by atoms with van der Waals surface area (Å²) in [5, 5.41) is 7.60. The second-order valence-electron chi connectivity index (χ2n) is 8.04. The molecule has 0 unspecified atom stereocenters. The Morgan fingerprint density at radius 2 is 1.08 bits per heavy atom. The molecule has 37 heavy (non-hydrogen) atoms. The molecule has 0 atom stereocenters. The van der Waals surface area contributed by atoms with Crippen LogP contribution >= 0.6 is 0 Å². The van der Waals surface area contributed by atoms with Crippen LogP contribution < -0.4 is 0 Å². The maximum absolute atomic E-state index is 12.4. The third-order valence-corrected chi connectivity index (χ3v) is 5.64. The molecule has 0 aromatic heterocycles. The van der Waals surface area contributed by atoms with Crippen LogP contribution in [0.25, 0.3) is 0 Å². The van der Waals surface area contributed by atoms with E-state index in [-0.39, 0.29) is 17.3 Å². The number of aliphatic carboxylic acids is 1. The highest BCUT2D eigenvalue weighted by Crippen LogP contribution is 2.27. The van der Waals surface area contributed by atoms with Gasteiger partial charge in [-0.25, -0.2) is 4.79 Å². The summed E-state index contributed by atoms with van der Waals surface area (Å²) in [6, 6.07) is 31.1. The van der Waals surface area contributed by atoms with E-state index in [9.17, 15) is 19.2 Å². The lowest BCUT2D eigenvalue weighted by molar-refractivity contribution is -0.131. The van der Waals surface area contributed by atoms with Crippen molar-refractivity contribution >= 4 is 23.3 Å². The highest BCUT2D eigenvalue weighted by Gasteiger charge is 2.29. The van der Waals surface area contributed by atoms with Crippen molar-refractivity contribution in [2.45, 2.75) is 13.3 Å². The smallest absolute Gasteiger partial charge is 0.327 e. The van der Waals surface area contributed by atoms with Crippen molar-refractivity contribution < 1.29 is 24.3 Å². The van der Waals surface area contributed by atoms with Crippen LogP contribution in [0.3, 0.4) is 0 Å².